The molecule has 4 rings (SSSR count). The number of piperidine rings is 1. The minimum atomic E-state index is -0.432. The SMILES string of the molecule is CCC1CCN(C)CC12Cc1cc(-c3cc(C=O)ccc3[N+](=O)[O-])cnc1O2. The van der Waals surface area contributed by atoms with Crippen molar-refractivity contribution in [3.05, 3.63) is 51.7 Å². The van der Waals surface area contributed by atoms with Crippen molar-refractivity contribution in [3.63, 3.8) is 0 Å². The van der Waals surface area contributed by atoms with Crippen LogP contribution in [0.3, 0.4) is 0 Å². The zero-order valence-corrected chi connectivity index (χ0v) is 16.1. The van der Waals surface area contributed by atoms with Crippen LogP contribution < -0.4 is 4.74 Å². The number of rotatable bonds is 4. The third kappa shape index (κ3) is 3.05. The summed E-state index contributed by atoms with van der Waals surface area (Å²) in [6.45, 7) is 4.10. The molecule has 1 saturated heterocycles. The number of hydrogen-bond acceptors (Lipinski definition) is 6. The maximum absolute atomic E-state index is 11.5. The van der Waals surface area contributed by atoms with Crippen LogP contribution in [-0.2, 0) is 6.42 Å². The summed E-state index contributed by atoms with van der Waals surface area (Å²) < 4.78 is 6.38. The van der Waals surface area contributed by atoms with E-state index < -0.39 is 4.92 Å². The van der Waals surface area contributed by atoms with Crippen molar-refractivity contribution < 1.29 is 14.5 Å². The Hall–Kier alpha value is -2.80. The first kappa shape index (κ1) is 18.6. The van der Waals surface area contributed by atoms with Gasteiger partial charge in [-0.05, 0) is 44.6 Å². The molecular weight excluding hydrogens is 358 g/mol. The molecule has 7 heteroatoms. The quantitative estimate of drug-likeness (QED) is 0.458. The zero-order chi connectivity index (χ0) is 19.9. The van der Waals surface area contributed by atoms with Crippen LogP contribution in [0.5, 0.6) is 5.88 Å². The molecule has 0 aliphatic carbocycles. The first-order valence-corrected chi connectivity index (χ1v) is 9.56. The average molecular weight is 381 g/mol. The minimum absolute atomic E-state index is 0.0372. The first-order chi connectivity index (χ1) is 13.5. The van der Waals surface area contributed by atoms with E-state index in [4.69, 9.17) is 4.74 Å². The van der Waals surface area contributed by atoms with Gasteiger partial charge in [0.15, 0.2) is 0 Å². The number of aromatic nitrogens is 1. The molecule has 2 unspecified atom stereocenters. The molecule has 0 radical (unpaired) electrons. The van der Waals surface area contributed by atoms with Crippen molar-refractivity contribution in [2.24, 2.45) is 5.92 Å². The van der Waals surface area contributed by atoms with Gasteiger partial charge < -0.3 is 9.64 Å². The highest BCUT2D eigenvalue weighted by Gasteiger charge is 2.48. The molecule has 1 fully saturated rings. The van der Waals surface area contributed by atoms with E-state index in [1.165, 1.54) is 12.1 Å². The number of fused-ring (bicyclic) bond motifs is 1. The number of benzene rings is 1. The van der Waals surface area contributed by atoms with Crippen molar-refractivity contribution in [1.82, 2.24) is 9.88 Å². The second kappa shape index (κ2) is 6.98. The lowest BCUT2D eigenvalue weighted by atomic mass is 9.77. The molecule has 3 heterocycles. The molecule has 28 heavy (non-hydrogen) atoms. The van der Waals surface area contributed by atoms with Gasteiger partial charge in [0, 0.05) is 47.8 Å². The number of nitrogens with zero attached hydrogens (tertiary/aromatic N) is 3. The van der Waals surface area contributed by atoms with Gasteiger partial charge in [0.05, 0.1) is 10.5 Å². The van der Waals surface area contributed by atoms with Crippen molar-refractivity contribution in [1.29, 1.82) is 0 Å². The fourth-order valence-corrected chi connectivity index (χ4v) is 4.63. The van der Waals surface area contributed by atoms with Gasteiger partial charge in [-0.3, -0.25) is 14.9 Å². The van der Waals surface area contributed by atoms with Gasteiger partial charge in [-0.15, -0.1) is 0 Å². The van der Waals surface area contributed by atoms with E-state index in [1.807, 2.05) is 6.07 Å². The average Bonchev–Trinajstić information content (AvgIpc) is 3.04. The van der Waals surface area contributed by atoms with Crippen LogP contribution in [0.1, 0.15) is 35.7 Å². The van der Waals surface area contributed by atoms with Crippen LogP contribution in [0.15, 0.2) is 30.5 Å². The Bertz CT molecular complexity index is 945. The second-order valence-electron chi connectivity index (χ2n) is 7.82. The summed E-state index contributed by atoms with van der Waals surface area (Å²) in [5, 5.41) is 11.5. The van der Waals surface area contributed by atoms with Crippen molar-refractivity contribution in [2.75, 3.05) is 20.1 Å². The Morgan fingerprint density at radius 1 is 1.43 bits per heavy atom. The third-order valence-corrected chi connectivity index (χ3v) is 6.01. The van der Waals surface area contributed by atoms with Crippen LogP contribution in [0.2, 0.25) is 0 Å². The fourth-order valence-electron chi connectivity index (χ4n) is 4.63. The van der Waals surface area contributed by atoms with Gasteiger partial charge in [0.2, 0.25) is 5.88 Å². The lowest BCUT2D eigenvalue weighted by Gasteiger charge is -2.43. The minimum Gasteiger partial charge on any atom is -0.469 e. The maximum Gasteiger partial charge on any atom is 0.277 e. The highest BCUT2D eigenvalue weighted by atomic mass is 16.6. The number of carbonyl (C=O) groups excluding carboxylic acids is 1. The smallest absolute Gasteiger partial charge is 0.277 e. The predicted molar refractivity (Wildman–Crippen MR) is 105 cm³/mol. The first-order valence-electron chi connectivity index (χ1n) is 9.56. The molecule has 0 N–H and O–H groups in total. The molecule has 0 saturated carbocycles. The van der Waals surface area contributed by atoms with Crippen LogP contribution in [-0.4, -0.2) is 46.8 Å². The summed E-state index contributed by atoms with van der Waals surface area (Å²) >= 11 is 0. The van der Waals surface area contributed by atoms with Gasteiger partial charge in [-0.2, -0.15) is 0 Å². The van der Waals surface area contributed by atoms with Crippen LogP contribution >= 0.6 is 0 Å². The Morgan fingerprint density at radius 2 is 2.25 bits per heavy atom. The zero-order valence-electron chi connectivity index (χ0n) is 16.1. The van der Waals surface area contributed by atoms with E-state index in [9.17, 15) is 14.9 Å². The summed E-state index contributed by atoms with van der Waals surface area (Å²) in [7, 11) is 2.10. The number of carbonyl (C=O) groups is 1. The monoisotopic (exact) mass is 381 g/mol. The molecule has 2 aromatic rings. The third-order valence-electron chi connectivity index (χ3n) is 6.01. The Kier molecular flexibility index (Phi) is 4.63. The number of pyridine rings is 1. The molecule has 1 spiro atoms. The topological polar surface area (TPSA) is 85.6 Å². The number of nitro groups is 1. The van der Waals surface area contributed by atoms with Gasteiger partial charge in [0.1, 0.15) is 11.9 Å². The summed E-state index contributed by atoms with van der Waals surface area (Å²) in [5.74, 6) is 1.07. The normalized spacial score (nSPS) is 24.0. The summed E-state index contributed by atoms with van der Waals surface area (Å²) in [5.41, 5.74) is 2.08. The predicted octanol–water partition coefficient (Wildman–Crippen LogP) is 3.50. The van der Waals surface area contributed by atoms with E-state index in [1.54, 1.807) is 12.3 Å². The van der Waals surface area contributed by atoms with Crippen molar-refractivity contribution >= 4 is 12.0 Å². The molecule has 2 aliphatic heterocycles. The molecule has 2 aliphatic rings. The van der Waals surface area contributed by atoms with Gasteiger partial charge in [0.25, 0.3) is 5.69 Å². The molecule has 0 bridgehead atoms. The number of ether oxygens (including phenoxy) is 1. The molecule has 0 amide bonds. The number of nitro benzene ring substituents is 1. The Morgan fingerprint density at radius 3 is 2.96 bits per heavy atom. The van der Waals surface area contributed by atoms with E-state index in [2.05, 4.69) is 23.9 Å². The molecule has 7 nitrogen and oxygen atoms in total. The lowest BCUT2D eigenvalue weighted by molar-refractivity contribution is -0.384. The lowest BCUT2D eigenvalue weighted by Crippen LogP contribution is -2.55. The van der Waals surface area contributed by atoms with E-state index in [-0.39, 0.29) is 11.3 Å². The maximum atomic E-state index is 11.5. The summed E-state index contributed by atoms with van der Waals surface area (Å²) in [6.07, 6.45) is 5.16. The molecule has 146 valence electrons. The Balaban J connectivity index is 1.73. The highest BCUT2D eigenvalue weighted by Crippen LogP contribution is 2.44. The molecule has 2 atom stereocenters. The van der Waals surface area contributed by atoms with Gasteiger partial charge in [-0.25, -0.2) is 4.98 Å². The van der Waals surface area contributed by atoms with Gasteiger partial charge in [-0.1, -0.05) is 6.92 Å². The number of hydrogen-bond donors (Lipinski definition) is 0. The van der Waals surface area contributed by atoms with Gasteiger partial charge >= 0.3 is 0 Å². The number of likely N-dealkylation sites (N-methyl/N-ethyl adjacent to an activating group) is 1. The largest absolute Gasteiger partial charge is 0.469 e. The Labute approximate surface area is 163 Å². The van der Waals surface area contributed by atoms with E-state index in [0.29, 0.717) is 34.8 Å². The highest BCUT2D eigenvalue weighted by molar-refractivity contribution is 5.83. The van der Waals surface area contributed by atoms with Crippen LogP contribution in [0.25, 0.3) is 11.1 Å². The van der Waals surface area contributed by atoms with E-state index >= 15 is 0 Å². The number of aldehydes is 1. The molecule has 1 aromatic heterocycles. The van der Waals surface area contributed by atoms with Crippen LogP contribution in [0.4, 0.5) is 5.69 Å². The number of likely N-dealkylation sites (tertiary alicyclic amines) is 1. The molecule has 1 aromatic carbocycles. The van der Waals surface area contributed by atoms with Crippen LogP contribution in [0, 0.1) is 16.0 Å². The molecular formula is C21H23N3O4. The second-order valence-corrected chi connectivity index (χ2v) is 7.82. The standard InChI is InChI=1S/C21H23N3O4/c1-3-17-6-7-23(2)13-21(17)10-15-9-16(11-22-20(15)28-21)18-8-14(12-25)4-5-19(18)24(26)27/h4-5,8-9,11-12,17H,3,6-7,10,13H2,1-2H3. The van der Waals surface area contributed by atoms with Crippen molar-refractivity contribution in [3.8, 4) is 17.0 Å². The fraction of sp³-hybridized carbons (Fsp3) is 0.429. The summed E-state index contributed by atoms with van der Waals surface area (Å²) in [6, 6.07) is 6.30. The summed E-state index contributed by atoms with van der Waals surface area (Å²) in [4.78, 5) is 28.9. The van der Waals surface area contributed by atoms with E-state index in [0.717, 1.165) is 37.9 Å². The van der Waals surface area contributed by atoms with Crippen molar-refractivity contribution in [2.45, 2.75) is 31.8 Å².